The Balaban J connectivity index is 1.25. The molecule has 2 aromatic rings. The molecule has 2 fully saturated rings. The van der Waals surface area contributed by atoms with Gasteiger partial charge in [0, 0.05) is 32.0 Å². The van der Waals surface area contributed by atoms with Crippen molar-refractivity contribution in [3.8, 4) is 12.3 Å². The lowest BCUT2D eigenvalue weighted by atomic mass is 9.94. The van der Waals surface area contributed by atoms with Crippen LogP contribution in [0.1, 0.15) is 72.9 Å². The van der Waals surface area contributed by atoms with Gasteiger partial charge in [-0.25, -0.2) is 4.79 Å². The van der Waals surface area contributed by atoms with Gasteiger partial charge < -0.3 is 15.0 Å². The molecule has 1 aromatic carbocycles. The number of terminal acetylenes is 1. The number of nitrogens with zero attached hydrogens (tertiary/aromatic N) is 2. The number of ether oxygens (including phenoxy) is 1. The lowest BCUT2D eigenvalue weighted by Gasteiger charge is -2.27. The Labute approximate surface area is 239 Å². The number of anilines is 1. The average Bonchev–Trinajstić information content (AvgIpc) is 3.71. The largest absolute Gasteiger partial charge is 0.448 e. The number of piperidine rings is 1. The summed E-state index contributed by atoms with van der Waals surface area (Å²) in [5.41, 5.74) is 4.86. The van der Waals surface area contributed by atoms with Crippen molar-refractivity contribution in [2.45, 2.75) is 57.4 Å². The minimum atomic E-state index is -0.650. The van der Waals surface area contributed by atoms with Crippen LogP contribution in [0.5, 0.6) is 0 Å². The van der Waals surface area contributed by atoms with Gasteiger partial charge in [-0.15, -0.1) is 23.7 Å². The molecule has 5 rings (SSSR count). The van der Waals surface area contributed by atoms with Crippen molar-refractivity contribution in [2.24, 2.45) is 0 Å². The van der Waals surface area contributed by atoms with Gasteiger partial charge in [0.15, 0.2) is 0 Å². The van der Waals surface area contributed by atoms with Crippen molar-refractivity contribution < 1.29 is 19.1 Å². The number of hydrogen-bond acceptors (Lipinski definition) is 5. The van der Waals surface area contributed by atoms with Gasteiger partial charge in [-0.3, -0.25) is 14.5 Å². The number of fused-ring (bicyclic) bond motifs is 1. The van der Waals surface area contributed by atoms with E-state index in [9.17, 15) is 14.4 Å². The average molecular weight is 558 g/mol. The highest BCUT2D eigenvalue weighted by Crippen LogP contribution is 2.44. The van der Waals surface area contributed by atoms with E-state index < -0.39 is 12.1 Å². The molecular weight excluding hydrogens is 522 g/mol. The Morgan fingerprint density at radius 3 is 2.70 bits per heavy atom. The maximum Gasteiger partial charge on any atom is 0.410 e. The Morgan fingerprint density at radius 2 is 1.93 bits per heavy atom. The third kappa shape index (κ3) is 5.57. The molecule has 3 heterocycles. The quantitative estimate of drug-likeness (QED) is 0.420. The van der Waals surface area contributed by atoms with Crippen LogP contribution >= 0.6 is 11.3 Å². The molecule has 208 valence electrons. The Hall–Kier alpha value is -3.83. The SMILES string of the molecule is C#CCC1=C(/C=C\C)c2ccccc2C1COC(=O)N1CCC[C@@H]1C(=O)Nc1sccc1C(=O)N1CCCCC1. The number of hydrogen-bond donors (Lipinski definition) is 1. The first kappa shape index (κ1) is 27.7. The molecule has 7 nitrogen and oxygen atoms in total. The van der Waals surface area contributed by atoms with Crippen LogP contribution in [0.25, 0.3) is 5.57 Å². The normalized spacial score (nSPS) is 20.5. The van der Waals surface area contributed by atoms with E-state index in [4.69, 9.17) is 11.2 Å². The molecule has 8 heteroatoms. The third-order valence-corrected chi connectivity index (χ3v) is 8.79. The highest BCUT2D eigenvalue weighted by Gasteiger charge is 2.37. The molecular formula is C32H35N3O4S. The maximum atomic E-state index is 13.3. The lowest BCUT2D eigenvalue weighted by molar-refractivity contribution is -0.120. The fourth-order valence-electron chi connectivity index (χ4n) is 6.01. The van der Waals surface area contributed by atoms with Crippen LogP contribution in [0.3, 0.4) is 0 Å². The summed E-state index contributed by atoms with van der Waals surface area (Å²) in [6.45, 7) is 4.05. The van der Waals surface area contributed by atoms with Crippen LogP contribution in [0, 0.1) is 12.3 Å². The summed E-state index contributed by atoms with van der Waals surface area (Å²) in [7, 11) is 0. The van der Waals surface area contributed by atoms with Crippen LogP contribution in [0.4, 0.5) is 9.80 Å². The molecule has 0 saturated carbocycles. The van der Waals surface area contributed by atoms with Crippen molar-refractivity contribution in [3.05, 3.63) is 70.1 Å². The van der Waals surface area contributed by atoms with Crippen molar-refractivity contribution in [1.29, 1.82) is 0 Å². The predicted molar refractivity (Wildman–Crippen MR) is 158 cm³/mol. The van der Waals surface area contributed by atoms with Crippen molar-refractivity contribution >= 4 is 39.8 Å². The van der Waals surface area contributed by atoms with Crippen LogP contribution in [0.2, 0.25) is 0 Å². The summed E-state index contributed by atoms with van der Waals surface area (Å²) in [4.78, 5) is 43.0. The fraction of sp³-hybridized carbons (Fsp3) is 0.406. The van der Waals surface area contributed by atoms with Crippen LogP contribution < -0.4 is 5.32 Å². The van der Waals surface area contributed by atoms with E-state index in [2.05, 4.69) is 29.4 Å². The summed E-state index contributed by atoms with van der Waals surface area (Å²) in [5.74, 6) is 2.28. The number of allylic oxidation sites excluding steroid dienone is 3. The Kier molecular flexibility index (Phi) is 8.71. The highest BCUT2D eigenvalue weighted by atomic mass is 32.1. The first-order chi connectivity index (χ1) is 19.5. The van der Waals surface area contributed by atoms with Gasteiger partial charge in [0.25, 0.3) is 5.91 Å². The zero-order chi connectivity index (χ0) is 28.1. The minimum Gasteiger partial charge on any atom is -0.448 e. The lowest BCUT2D eigenvalue weighted by Crippen LogP contribution is -2.44. The molecule has 1 aromatic heterocycles. The van der Waals surface area contributed by atoms with E-state index in [0.717, 1.165) is 54.6 Å². The Morgan fingerprint density at radius 1 is 1.12 bits per heavy atom. The van der Waals surface area contributed by atoms with Gasteiger partial charge in [0.05, 0.1) is 5.56 Å². The summed E-state index contributed by atoms with van der Waals surface area (Å²) in [5, 5.41) is 5.28. The van der Waals surface area contributed by atoms with Crippen molar-refractivity contribution in [2.75, 3.05) is 31.6 Å². The van der Waals surface area contributed by atoms with Crippen LogP contribution in [0.15, 0.2) is 53.4 Å². The number of benzene rings is 1. The van der Waals surface area contributed by atoms with Gasteiger partial charge in [0.1, 0.15) is 17.6 Å². The van der Waals surface area contributed by atoms with Crippen molar-refractivity contribution in [3.63, 3.8) is 0 Å². The van der Waals surface area contributed by atoms with Crippen LogP contribution in [-0.2, 0) is 9.53 Å². The topological polar surface area (TPSA) is 79.0 Å². The summed E-state index contributed by atoms with van der Waals surface area (Å²) in [6.07, 6.45) is 14.1. The van der Waals surface area contributed by atoms with E-state index >= 15 is 0 Å². The molecule has 40 heavy (non-hydrogen) atoms. The fourth-order valence-corrected chi connectivity index (χ4v) is 6.79. The van der Waals surface area contributed by atoms with E-state index in [1.54, 1.807) is 6.07 Å². The number of nitrogens with one attached hydrogen (secondary N) is 1. The Bertz CT molecular complexity index is 1380. The highest BCUT2D eigenvalue weighted by molar-refractivity contribution is 7.14. The van der Waals surface area contributed by atoms with Gasteiger partial charge in [0.2, 0.25) is 5.91 Å². The van der Waals surface area contributed by atoms with E-state index in [0.29, 0.717) is 36.4 Å². The van der Waals surface area contributed by atoms with E-state index in [1.807, 2.05) is 35.4 Å². The van der Waals surface area contributed by atoms with Gasteiger partial charge in [-0.05, 0) is 72.7 Å². The maximum absolute atomic E-state index is 13.3. The molecule has 2 atom stereocenters. The molecule has 3 aliphatic rings. The second kappa shape index (κ2) is 12.6. The second-order valence-electron chi connectivity index (χ2n) is 10.4. The second-order valence-corrected chi connectivity index (χ2v) is 11.3. The molecule has 3 amide bonds. The number of rotatable bonds is 7. The minimum absolute atomic E-state index is 0.0519. The number of carbonyl (C=O) groups is 3. The zero-order valence-corrected chi connectivity index (χ0v) is 23.7. The predicted octanol–water partition coefficient (Wildman–Crippen LogP) is 6.06. The standard InChI is InChI=1S/C32H35N3O4S/c1-3-11-22-23(12-4-2)27(25-14-7-6-13-24(22)25)21-39-32(38)35-19-10-15-28(35)29(36)33-30-26(16-20-40-30)31(37)34-17-8-5-9-18-34/h2-3,6-7,11,13-14,16,20,27-28H,5,8-10,12,15,17-19,21H2,1H3,(H,33,36)/b11-3-/t27?,28-/m1/s1. The zero-order valence-electron chi connectivity index (χ0n) is 22.9. The monoisotopic (exact) mass is 557 g/mol. The first-order valence-corrected chi connectivity index (χ1v) is 14.9. The molecule has 2 saturated heterocycles. The smallest absolute Gasteiger partial charge is 0.410 e. The third-order valence-electron chi connectivity index (χ3n) is 7.96. The van der Waals surface area contributed by atoms with Gasteiger partial charge in [-0.2, -0.15) is 0 Å². The summed E-state index contributed by atoms with van der Waals surface area (Å²) in [6, 6.07) is 9.21. The van der Waals surface area contributed by atoms with E-state index in [-0.39, 0.29) is 24.3 Å². The molecule has 0 spiro atoms. The molecule has 2 aliphatic heterocycles. The first-order valence-electron chi connectivity index (χ1n) is 14.0. The molecule has 1 N–H and O–H groups in total. The molecule has 0 radical (unpaired) electrons. The number of likely N-dealkylation sites (tertiary alicyclic amines) is 2. The van der Waals surface area contributed by atoms with Crippen molar-refractivity contribution in [1.82, 2.24) is 9.80 Å². The molecule has 1 aliphatic carbocycles. The van der Waals surface area contributed by atoms with Gasteiger partial charge >= 0.3 is 6.09 Å². The number of thiophene rings is 1. The van der Waals surface area contributed by atoms with E-state index in [1.165, 1.54) is 16.2 Å². The summed E-state index contributed by atoms with van der Waals surface area (Å²) >= 11 is 1.33. The number of amides is 3. The van der Waals surface area contributed by atoms with Crippen LogP contribution in [-0.4, -0.2) is 60.0 Å². The van der Waals surface area contributed by atoms with Gasteiger partial charge in [-0.1, -0.05) is 36.4 Å². The molecule has 1 unspecified atom stereocenters. The number of carbonyl (C=O) groups excluding carboxylic acids is 3. The summed E-state index contributed by atoms with van der Waals surface area (Å²) < 4.78 is 5.85. The molecule has 0 bridgehead atoms.